The number of carbonyl (C=O) groups excluding carboxylic acids is 4. The highest BCUT2D eigenvalue weighted by atomic mass is 32.2. The van der Waals surface area contributed by atoms with Crippen molar-refractivity contribution in [2.45, 2.75) is 171 Å². The molecule has 0 unspecified atom stereocenters. The number of ether oxygens (including phenoxy) is 6. The lowest BCUT2D eigenvalue weighted by molar-refractivity contribution is -0.305. The largest absolute Gasteiger partial charge is 0.441 e. The van der Waals surface area contributed by atoms with E-state index >= 15 is 0 Å². The first-order chi connectivity index (χ1) is 28.4. The average Bonchev–Trinajstić information content (AvgIpc) is 3.70. The van der Waals surface area contributed by atoms with Gasteiger partial charge in [-0.1, -0.05) is 101 Å². The maximum atomic E-state index is 13.7. The molecule has 14 nitrogen and oxygen atoms in total. The number of amides is 4. The summed E-state index contributed by atoms with van der Waals surface area (Å²) in [7, 11) is -4.94. The van der Waals surface area contributed by atoms with E-state index in [-0.39, 0.29) is 29.9 Å². The zero-order chi connectivity index (χ0) is 44.8. The Labute approximate surface area is 366 Å². The molecule has 61 heavy (non-hydrogen) atoms. The van der Waals surface area contributed by atoms with E-state index in [0.717, 1.165) is 25.8 Å². The highest BCUT2D eigenvalue weighted by Gasteiger charge is 2.64. The Morgan fingerprint density at radius 1 is 0.721 bits per heavy atom. The van der Waals surface area contributed by atoms with Crippen molar-refractivity contribution in [3.05, 3.63) is 65.7 Å². The predicted molar refractivity (Wildman–Crippen MR) is 234 cm³/mol. The van der Waals surface area contributed by atoms with Gasteiger partial charge in [0.2, 0.25) is 11.8 Å². The summed E-state index contributed by atoms with van der Waals surface area (Å²) in [5.41, 5.74) is 1.22. The average molecular weight is 901 g/mol. The first-order valence-electron chi connectivity index (χ1n) is 21.0. The molecule has 4 amide bonds. The lowest BCUT2D eigenvalue weighted by Crippen LogP contribution is -2.67. The van der Waals surface area contributed by atoms with Gasteiger partial charge < -0.3 is 37.3 Å². The summed E-state index contributed by atoms with van der Waals surface area (Å²) < 4.78 is 53.1. The Morgan fingerprint density at radius 2 is 1.26 bits per heavy atom. The molecule has 2 aromatic rings. The zero-order valence-corrected chi connectivity index (χ0v) is 40.6. The summed E-state index contributed by atoms with van der Waals surface area (Å²) in [4.78, 5) is 56.9. The van der Waals surface area contributed by atoms with Gasteiger partial charge in [0.15, 0.2) is 35.1 Å². The van der Waals surface area contributed by atoms with Crippen LogP contribution in [-0.2, 0) is 53.5 Å². The fraction of sp³-hybridized carbons (Fsp3) is 0.636. The molecular weight excluding hydrogens is 837 g/mol. The Balaban J connectivity index is 1.41. The molecule has 0 saturated carbocycles. The van der Waals surface area contributed by atoms with Gasteiger partial charge in [0.1, 0.15) is 41.9 Å². The molecule has 4 aliphatic heterocycles. The standard InChI is InChI=1S/C44H64N2O12SSi2/c1-26-19-21-30(22-20-26)59-40-34-38(57-42(50)46(34)28(3)48)35(31(54-40)24-51-23-29-17-15-14-16-18-29)55-39-33-37(56-41(49)45(33)27(2)47)36(58-61(12,13)44(7,8)9)32(53-39)25-52-60(10,11)43(4,5)6/h14-22,31-40H,23-25H2,1-13H3/t31-,32-,33-,34-,35+,36+,37-,38-,39+,40+/m1/s1. The second-order valence-corrected chi connectivity index (χ2v) is 30.2. The zero-order valence-electron chi connectivity index (χ0n) is 37.8. The summed E-state index contributed by atoms with van der Waals surface area (Å²) in [5.74, 6) is -1.09. The van der Waals surface area contributed by atoms with Crippen molar-refractivity contribution in [3.8, 4) is 0 Å². The van der Waals surface area contributed by atoms with E-state index in [4.69, 9.17) is 37.3 Å². The van der Waals surface area contributed by atoms with Crippen LogP contribution in [0.5, 0.6) is 0 Å². The van der Waals surface area contributed by atoms with Gasteiger partial charge in [-0.3, -0.25) is 9.59 Å². The topological polar surface area (TPSA) is 149 Å². The summed E-state index contributed by atoms with van der Waals surface area (Å²) in [6.07, 6.45) is -8.72. The third-order valence-corrected chi connectivity index (χ3v) is 23.1. The van der Waals surface area contributed by atoms with Crippen molar-refractivity contribution in [2.24, 2.45) is 0 Å². The molecular formula is C44H64N2O12SSi2. The van der Waals surface area contributed by atoms with Gasteiger partial charge in [-0.05, 0) is 60.9 Å². The van der Waals surface area contributed by atoms with E-state index in [0.29, 0.717) is 0 Å². The van der Waals surface area contributed by atoms with Crippen LogP contribution in [0.2, 0.25) is 36.3 Å². The van der Waals surface area contributed by atoms with E-state index in [1.807, 2.05) is 61.5 Å². The maximum absolute atomic E-state index is 13.7. The van der Waals surface area contributed by atoms with Gasteiger partial charge in [0.05, 0.1) is 19.8 Å². The number of fused-ring (bicyclic) bond motifs is 2. The number of rotatable bonds is 13. The van der Waals surface area contributed by atoms with Crippen molar-refractivity contribution in [1.29, 1.82) is 0 Å². The van der Waals surface area contributed by atoms with Crippen LogP contribution in [0.1, 0.15) is 66.5 Å². The molecule has 4 heterocycles. The first kappa shape index (κ1) is 47.3. The minimum Gasteiger partial charge on any atom is -0.441 e. The summed E-state index contributed by atoms with van der Waals surface area (Å²) in [6, 6.07) is 15.5. The molecule has 0 aromatic heterocycles. The Hall–Kier alpha value is -3.14. The molecule has 10 atom stereocenters. The van der Waals surface area contributed by atoms with Gasteiger partial charge in [-0.25, -0.2) is 19.4 Å². The minimum absolute atomic E-state index is 0.00690. The van der Waals surface area contributed by atoms with Gasteiger partial charge in [-0.2, -0.15) is 0 Å². The van der Waals surface area contributed by atoms with Crippen LogP contribution in [0, 0.1) is 6.92 Å². The number of nitrogens with zero attached hydrogens (tertiary/aromatic N) is 2. The van der Waals surface area contributed by atoms with Crippen LogP contribution in [0.25, 0.3) is 0 Å². The molecule has 4 aliphatic rings. The SMILES string of the molecule is CC(=O)N1C(=O)O[C@H]2[C@@H](O[C@@H]3O[C@H](CO[Si](C)(C)C(C)(C)C)[C@H](O[Si](C)(C)C(C)(C)C)[C@@H]4OC(=O)N(C(C)=O)[C@@H]34)[C@@H](COCc3ccccc3)O[C@@H](Sc3ccc(C)cc3)[C@@H]21. The third-order valence-electron chi connectivity index (χ3n) is 13.0. The van der Waals surface area contributed by atoms with E-state index in [1.54, 1.807) is 0 Å². The van der Waals surface area contributed by atoms with Crippen LogP contribution in [-0.4, -0.2) is 124 Å². The maximum Gasteiger partial charge on any atom is 0.417 e. The number of benzene rings is 2. The Kier molecular flexibility index (Phi) is 14.1. The van der Waals surface area contributed by atoms with Crippen LogP contribution >= 0.6 is 11.8 Å². The molecule has 0 radical (unpaired) electrons. The lowest BCUT2D eigenvalue weighted by atomic mass is 9.95. The van der Waals surface area contributed by atoms with Crippen LogP contribution < -0.4 is 0 Å². The van der Waals surface area contributed by atoms with E-state index in [2.05, 4.69) is 67.7 Å². The molecule has 17 heteroatoms. The van der Waals surface area contributed by atoms with Crippen LogP contribution in [0.3, 0.4) is 0 Å². The second-order valence-electron chi connectivity index (χ2n) is 19.5. The molecule has 0 bridgehead atoms. The molecule has 4 fully saturated rings. The quantitative estimate of drug-likeness (QED) is 0.179. The van der Waals surface area contributed by atoms with Crippen molar-refractivity contribution in [2.75, 3.05) is 13.2 Å². The summed E-state index contributed by atoms with van der Waals surface area (Å²) in [5, 5.41) is -0.363. The van der Waals surface area contributed by atoms with Crippen LogP contribution in [0.4, 0.5) is 9.59 Å². The van der Waals surface area contributed by atoms with Gasteiger partial charge >= 0.3 is 12.2 Å². The number of carbonyl (C=O) groups is 4. The van der Waals surface area contributed by atoms with Crippen molar-refractivity contribution >= 4 is 52.4 Å². The molecule has 0 spiro atoms. The molecule has 0 N–H and O–H groups in total. The van der Waals surface area contributed by atoms with Gasteiger partial charge in [0, 0.05) is 18.7 Å². The van der Waals surface area contributed by atoms with E-state index in [1.165, 1.54) is 25.6 Å². The Bertz CT molecular complexity index is 1910. The van der Waals surface area contributed by atoms with Gasteiger partial charge in [-0.15, -0.1) is 0 Å². The van der Waals surface area contributed by atoms with Crippen LogP contribution in [0.15, 0.2) is 59.5 Å². The monoisotopic (exact) mass is 900 g/mol. The predicted octanol–water partition coefficient (Wildman–Crippen LogP) is 8.02. The first-order valence-corrected chi connectivity index (χ1v) is 27.7. The number of hydrogen-bond donors (Lipinski definition) is 0. The second kappa shape index (κ2) is 18.2. The highest BCUT2D eigenvalue weighted by Crippen LogP contribution is 2.46. The minimum atomic E-state index is -2.58. The number of aryl methyl sites for hydroxylation is 1. The fourth-order valence-electron chi connectivity index (χ4n) is 7.44. The molecule has 6 rings (SSSR count). The van der Waals surface area contributed by atoms with Crippen molar-refractivity contribution in [3.63, 3.8) is 0 Å². The molecule has 336 valence electrons. The van der Waals surface area contributed by atoms with Crippen molar-refractivity contribution < 1.29 is 56.5 Å². The summed E-state index contributed by atoms with van der Waals surface area (Å²) in [6.45, 7) is 26.2. The number of thioether (sulfide) groups is 1. The van der Waals surface area contributed by atoms with E-state index < -0.39 is 101 Å². The lowest BCUT2D eigenvalue weighted by Gasteiger charge is -2.50. The van der Waals surface area contributed by atoms with Crippen molar-refractivity contribution in [1.82, 2.24) is 9.80 Å². The number of imide groups is 2. The highest BCUT2D eigenvalue weighted by molar-refractivity contribution is 7.99. The Morgan fingerprint density at radius 3 is 1.82 bits per heavy atom. The molecule has 0 aliphatic carbocycles. The fourth-order valence-corrected chi connectivity index (χ4v) is 11.0. The molecule has 4 saturated heterocycles. The number of hydrogen-bond acceptors (Lipinski definition) is 13. The van der Waals surface area contributed by atoms with E-state index in [9.17, 15) is 19.2 Å². The van der Waals surface area contributed by atoms with Gasteiger partial charge in [0.25, 0.3) is 0 Å². The normalized spacial score (nSPS) is 29.5. The molecule has 2 aromatic carbocycles. The third kappa shape index (κ3) is 10.1. The summed E-state index contributed by atoms with van der Waals surface area (Å²) >= 11 is 1.36. The smallest absolute Gasteiger partial charge is 0.417 e.